The predicted molar refractivity (Wildman–Crippen MR) is 397 cm³/mol. The molecule has 5 aromatic heterocycles. The highest BCUT2D eigenvalue weighted by Crippen LogP contribution is 2.49. The van der Waals surface area contributed by atoms with Crippen LogP contribution in [0.4, 0.5) is 0 Å². The number of hydrogen-bond acceptors (Lipinski definition) is 11. The Kier molecular flexibility index (Phi) is 21.3. The maximum Gasteiger partial charge on any atom is 0.211 e. The van der Waals surface area contributed by atoms with E-state index in [0.29, 0.717) is 60.3 Å². The quantitative estimate of drug-likeness (QED) is 0.0816. The lowest BCUT2D eigenvalue weighted by atomic mass is 9.76. The van der Waals surface area contributed by atoms with Gasteiger partial charge in [0, 0.05) is 151 Å². The van der Waals surface area contributed by atoms with Gasteiger partial charge in [0.15, 0.2) is 0 Å². The molecule has 1 unspecified atom stereocenters. The molecule has 3 fully saturated rings. The van der Waals surface area contributed by atoms with Gasteiger partial charge in [-0.2, -0.15) is 6.20 Å². The minimum Gasteiger partial charge on any atom is -0.663 e. The molecule has 0 saturated carbocycles. The van der Waals surface area contributed by atoms with Crippen LogP contribution in [0.5, 0.6) is 0 Å². The maximum atomic E-state index is 12.1. The summed E-state index contributed by atoms with van der Waals surface area (Å²) in [6, 6.07) is 28.7. The number of nitrogens with zero attached hydrogens (tertiary/aromatic N) is 9. The van der Waals surface area contributed by atoms with Crippen molar-refractivity contribution in [2.45, 2.75) is 88.9 Å². The van der Waals surface area contributed by atoms with Crippen LogP contribution in [-0.4, -0.2) is 136 Å². The third-order valence-corrected chi connectivity index (χ3v) is 24.6. The topological polar surface area (TPSA) is 238 Å². The van der Waals surface area contributed by atoms with E-state index in [1.807, 2.05) is 91.8 Å². The highest BCUT2D eigenvalue weighted by atomic mass is 35.5. The Morgan fingerprint density at radius 3 is 1.73 bits per heavy atom. The number of piperidine rings is 3. The van der Waals surface area contributed by atoms with Crippen LogP contribution < -0.4 is 0 Å². The number of allylic oxidation sites excluding steroid dienone is 5. The summed E-state index contributed by atoms with van der Waals surface area (Å²) in [5.74, 6) is 0.835. The second-order valence-electron chi connectivity index (χ2n) is 26.4. The van der Waals surface area contributed by atoms with Crippen LogP contribution in [0.2, 0.25) is 15.1 Å². The number of nitrogens with one attached hydrogen (secondary N) is 3. The third-order valence-electron chi connectivity index (χ3n) is 20.0. The summed E-state index contributed by atoms with van der Waals surface area (Å²) in [7, 11) is -9.53. The van der Waals surface area contributed by atoms with Crippen molar-refractivity contribution >= 4 is 110 Å². The average molecular weight is 1450 g/mol. The number of aromatic amines is 3. The van der Waals surface area contributed by atoms with Crippen LogP contribution in [0.1, 0.15) is 125 Å². The van der Waals surface area contributed by atoms with Crippen molar-refractivity contribution < 1.29 is 25.3 Å². The molecule has 99 heavy (non-hydrogen) atoms. The van der Waals surface area contributed by atoms with E-state index in [0.717, 1.165) is 149 Å². The van der Waals surface area contributed by atoms with Gasteiger partial charge < -0.3 is 20.3 Å². The first-order chi connectivity index (χ1) is 47.7. The van der Waals surface area contributed by atoms with Gasteiger partial charge in [-0.25, -0.2) is 58.1 Å². The molecule has 0 amide bonds. The number of rotatable bonds is 15. The molecule has 18 nitrogen and oxygen atoms in total. The molecule has 3 saturated heterocycles. The summed E-state index contributed by atoms with van der Waals surface area (Å²) in [6.45, 7) is 3.20. The molecule has 1 atom stereocenters. The zero-order valence-corrected chi connectivity index (χ0v) is 60.2. The molecule has 9 aromatic rings. The van der Waals surface area contributed by atoms with Crippen molar-refractivity contribution in [3.8, 4) is 0 Å². The molecule has 9 heterocycles. The van der Waals surface area contributed by atoms with E-state index in [9.17, 15) is 25.3 Å². The zero-order valence-electron chi connectivity index (χ0n) is 55.5. The van der Waals surface area contributed by atoms with Crippen molar-refractivity contribution in [3.05, 3.63) is 252 Å². The number of pyridine rings is 2. The van der Waals surface area contributed by atoms with E-state index in [1.165, 1.54) is 57.7 Å². The van der Waals surface area contributed by atoms with Crippen LogP contribution in [0, 0.1) is 11.8 Å². The van der Waals surface area contributed by atoms with Gasteiger partial charge in [-0.1, -0.05) is 71.3 Å². The molecule has 4 aliphatic heterocycles. The van der Waals surface area contributed by atoms with Gasteiger partial charge in [0.05, 0.1) is 59.8 Å². The summed E-state index contributed by atoms with van der Waals surface area (Å²) in [5.41, 5.74) is 19.2. The van der Waals surface area contributed by atoms with Crippen LogP contribution in [-0.2, 0) is 55.8 Å². The summed E-state index contributed by atoms with van der Waals surface area (Å²) in [5, 5.41) is 10.3. The van der Waals surface area contributed by atoms with Gasteiger partial charge in [0.1, 0.15) is 10.5 Å². The SMILES string of the molecule is CS(=O)(=O)N1CCC(C2=C3[N-]C=CC=C3C(CCc3cnc[nH]3)=Cc3cc(Cl)ccc32)CC1.CS(=O)(=O)N1CCC(C2c3ccc(Cl)cc3C=C(CCc3cnc[nH]3)c3cccnc32)CC1.CS(=O)(=O)N1CCC(c2c3ncccc3c(CCc3cnc[nH]3)c[c+]3cc(Cl)ccc23)CC1. The van der Waals surface area contributed by atoms with Crippen LogP contribution in [0.3, 0.4) is 0 Å². The largest absolute Gasteiger partial charge is 0.663 e. The minimum atomic E-state index is -3.18. The first-order valence-electron chi connectivity index (χ1n) is 33.6. The van der Waals surface area contributed by atoms with E-state index >= 15 is 0 Å². The van der Waals surface area contributed by atoms with Crippen molar-refractivity contribution in [1.82, 2.24) is 52.8 Å². The lowest BCUT2D eigenvalue weighted by Crippen LogP contribution is -2.39. The first kappa shape index (κ1) is 69.8. The number of hydrogen-bond donors (Lipinski definition) is 3. The standard InChI is InChI=1S/C25H27ClN4O2S.2C25H26ClN4O2S/c3*1-33(31,32)30-11-8-17(9-12-30)24-22-7-5-20(26)14-19(22)13-18(4-6-21-15-27-16-29-21)23-3-2-10-28-25(23)24/h2-3,5,7,10,13-17,24H,4,6,8-9,11-12H2,1H3,(H,27,29);2*2-3,5,7,10,13-17H,4,6,8-9,11-12H2,1H3,(H,27,29)/q;-1;+1. The van der Waals surface area contributed by atoms with E-state index in [-0.39, 0.29) is 17.8 Å². The van der Waals surface area contributed by atoms with Gasteiger partial charge in [-0.3, -0.25) is 4.98 Å². The summed E-state index contributed by atoms with van der Waals surface area (Å²) in [4.78, 5) is 31.7. The second-order valence-corrected chi connectivity index (χ2v) is 33.6. The van der Waals surface area contributed by atoms with Gasteiger partial charge in [0.25, 0.3) is 0 Å². The van der Waals surface area contributed by atoms with Crippen molar-refractivity contribution in [2.75, 3.05) is 58.0 Å². The number of sulfonamides is 3. The molecule has 3 N–H and O–H groups in total. The number of halogens is 3. The van der Waals surface area contributed by atoms with Gasteiger partial charge in [-0.05, 0) is 181 Å². The monoisotopic (exact) mass is 1440 g/mol. The second kappa shape index (κ2) is 30.2. The number of aromatic nitrogens is 8. The fraction of sp³-hybridized carbons (Fsp3) is 0.333. The maximum absolute atomic E-state index is 12.1. The Balaban J connectivity index is 0.000000133. The highest BCUT2D eigenvalue weighted by Gasteiger charge is 2.37. The number of aryl methyl sites for hydroxylation is 4. The Morgan fingerprint density at radius 1 is 0.566 bits per heavy atom. The average Bonchev–Trinajstić information content (AvgIpc) is 1.69. The van der Waals surface area contributed by atoms with Crippen molar-refractivity contribution in [3.63, 3.8) is 0 Å². The Labute approximate surface area is 594 Å². The van der Waals surface area contributed by atoms with Crippen molar-refractivity contribution in [2.24, 2.45) is 11.8 Å². The van der Waals surface area contributed by atoms with Crippen LogP contribution in [0.15, 0.2) is 170 Å². The fourth-order valence-corrected chi connectivity index (χ4v) is 18.3. The molecule has 15 rings (SSSR count). The molecule has 0 spiro atoms. The van der Waals surface area contributed by atoms with E-state index in [4.69, 9.17) is 50.1 Å². The summed E-state index contributed by atoms with van der Waals surface area (Å²) in [6.07, 6.45) is 38.5. The lowest BCUT2D eigenvalue weighted by Gasteiger charge is -2.38. The molecule has 0 radical (unpaired) electrons. The minimum absolute atomic E-state index is 0.0936. The van der Waals surface area contributed by atoms with Gasteiger partial charge >= 0.3 is 0 Å². The smallest absolute Gasteiger partial charge is 0.211 e. The molecular formula is C75H79Cl3N12O6S3. The molecule has 24 heteroatoms. The number of H-pyrrole nitrogens is 3. The van der Waals surface area contributed by atoms with Crippen LogP contribution in [0.25, 0.3) is 50.3 Å². The fourth-order valence-electron chi connectivity index (χ4n) is 15.1. The Hall–Kier alpha value is -7.70. The predicted octanol–water partition coefficient (Wildman–Crippen LogP) is 15.0. The molecule has 6 aliphatic rings. The van der Waals surface area contributed by atoms with Gasteiger partial charge in [-0.15, -0.1) is 5.70 Å². The zero-order chi connectivity index (χ0) is 69.0. The Morgan fingerprint density at radius 2 is 1.11 bits per heavy atom. The van der Waals surface area contributed by atoms with E-state index < -0.39 is 30.1 Å². The first-order valence-corrected chi connectivity index (χ1v) is 40.3. The molecular weight excluding hydrogens is 1370 g/mol. The molecule has 2 aliphatic carbocycles. The Bertz CT molecular complexity index is 4970. The number of benzene rings is 3. The van der Waals surface area contributed by atoms with Gasteiger partial charge in [0.2, 0.25) is 30.1 Å². The number of fused-ring (bicyclic) bond motifs is 6. The lowest BCUT2D eigenvalue weighted by molar-refractivity contribution is 0.256. The van der Waals surface area contributed by atoms with E-state index in [1.54, 1.807) is 31.9 Å². The van der Waals surface area contributed by atoms with Crippen molar-refractivity contribution in [1.29, 1.82) is 0 Å². The van der Waals surface area contributed by atoms with Crippen LogP contribution >= 0.6 is 34.8 Å². The number of imidazole rings is 3. The summed E-state index contributed by atoms with van der Waals surface area (Å²) < 4.78 is 77.1. The molecule has 0 bridgehead atoms. The van der Waals surface area contributed by atoms with E-state index in [2.05, 4.69) is 84.5 Å². The molecule has 4 aromatic carbocycles. The molecule has 514 valence electrons. The third kappa shape index (κ3) is 16.2. The highest BCUT2D eigenvalue weighted by molar-refractivity contribution is 7.88. The normalized spacial score (nSPS) is 18.2. The summed E-state index contributed by atoms with van der Waals surface area (Å²) >= 11 is 19.2.